The average Bonchev–Trinajstić information content (AvgIpc) is 3.02. The van der Waals surface area contributed by atoms with Gasteiger partial charge in [-0.2, -0.15) is 0 Å². The van der Waals surface area contributed by atoms with Crippen molar-refractivity contribution < 1.29 is 9.59 Å². The van der Waals surface area contributed by atoms with Crippen LogP contribution < -0.4 is 5.32 Å². The minimum Gasteiger partial charge on any atom is -0.356 e. The summed E-state index contributed by atoms with van der Waals surface area (Å²) in [5, 5.41) is 4.26. The zero-order valence-corrected chi connectivity index (χ0v) is 17.7. The van der Waals surface area contributed by atoms with Crippen LogP contribution in [0.15, 0.2) is 30.3 Å². The molecule has 0 atom stereocenters. The molecule has 0 spiro atoms. The van der Waals surface area contributed by atoms with E-state index in [0.29, 0.717) is 19.4 Å². The fraction of sp³-hybridized carbons (Fsp3) is 0.565. The van der Waals surface area contributed by atoms with Crippen molar-refractivity contribution in [1.29, 1.82) is 0 Å². The standard InChI is InChI=1S/C23H35N3O2/c1-4-25(3)18-21-17-20-12-8-9-13-22(20)26(21)16-14-23(28)24-15-10-6-5-7-11-19(2)27/h8-9,12-13,17H,4-7,10-11,14-16,18H2,1-3H3,(H,24,28). The van der Waals surface area contributed by atoms with E-state index >= 15 is 0 Å². The van der Waals surface area contributed by atoms with Gasteiger partial charge in [0.2, 0.25) is 5.91 Å². The molecule has 2 aromatic rings. The number of unbranched alkanes of at least 4 members (excludes halogenated alkanes) is 3. The van der Waals surface area contributed by atoms with E-state index in [9.17, 15) is 9.59 Å². The van der Waals surface area contributed by atoms with Crippen LogP contribution in [0.4, 0.5) is 0 Å². The van der Waals surface area contributed by atoms with E-state index in [2.05, 4.69) is 59.1 Å². The second-order valence-electron chi connectivity index (χ2n) is 7.64. The predicted octanol–water partition coefficient (Wildman–Crippen LogP) is 4.14. The molecule has 28 heavy (non-hydrogen) atoms. The van der Waals surface area contributed by atoms with Crippen molar-refractivity contribution >= 4 is 22.6 Å². The van der Waals surface area contributed by atoms with Crippen molar-refractivity contribution in [3.8, 4) is 0 Å². The van der Waals surface area contributed by atoms with E-state index in [1.54, 1.807) is 6.92 Å². The second-order valence-corrected chi connectivity index (χ2v) is 7.64. The van der Waals surface area contributed by atoms with Gasteiger partial charge in [-0.15, -0.1) is 0 Å². The van der Waals surface area contributed by atoms with Crippen molar-refractivity contribution in [2.75, 3.05) is 20.1 Å². The van der Waals surface area contributed by atoms with Crippen molar-refractivity contribution in [1.82, 2.24) is 14.8 Å². The third kappa shape index (κ3) is 7.12. The zero-order chi connectivity index (χ0) is 20.4. The maximum absolute atomic E-state index is 12.3. The molecular formula is C23H35N3O2. The largest absolute Gasteiger partial charge is 0.356 e. The van der Waals surface area contributed by atoms with E-state index in [1.165, 1.54) is 16.6 Å². The van der Waals surface area contributed by atoms with E-state index in [1.807, 2.05) is 0 Å². The molecule has 0 bridgehead atoms. The third-order valence-corrected chi connectivity index (χ3v) is 5.21. The van der Waals surface area contributed by atoms with Crippen molar-refractivity contribution in [3.63, 3.8) is 0 Å². The Morgan fingerprint density at radius 2 is 1.82 bits per heavy atom. The van der Waals surface area contributed by atoms with E-state index < -0.39 is 0 Å². The van der Waals surface area contributed by atoms with Crippen molar-refractivity contribution in [3.05, 3.63) is 36.0 Å². The number of nitrogens with zero attached hydrogens (tertiary/aromatic N) is 2. The lowest BCUT2D eigenvalue weighted by atomic mass is 10.1. The molecule has 0 radical (unpaired) electrons. The number of hydrogen-bond donors (Lipinski definition) is 1. The molecule has 5 heteroatoms. The summed E-state index contributed by atoms with van der Waals surface area (Å²) in [7, 11) is 2.12. The Hall–Kier alpha value is -2.14. The van der Waals surface area contributed by atoms with Gasteiger partial charge in [-0.25, -0.2) is 0 Å². The van der Waals surface area contributed by atoms with Gasteiger partial charge in [0.1, 0.15) is 5.78 Å². The molecule has 0 saturated heterocycles. The highest BCUT2D eigenvalue weighted by atomic mass is 16.1. The first-order chi connectivity index (χ1) is 13.5. The molecule has 0 saturated carbocycles. The zero-order valence-electron chi connectivity index (χ0n) is 17.7. The molecular weight excluding hydrogens is 350 g/mol. The minimum atomic E-state index is 0.108. The minimum absolute atomic E-state index is 0.108. The van der Waals surface area contributed by atoms with Crippen LogP contribution in [0.25, 0.3) is 10.9 Å². The number of nitrogens with one attached hydrogen (secondary N) is 1. The van der Waals surface area contributed by atoms with Gasteiger partial charge in [0.15, 0.2) is 0 Å². The van der Waals surface area contributed by atoms with Crippen molar-refractivity contribution in [2.45, 2.75) is 65.5 Å². The molecule has 0 unspecified atom stereocenters. The summed E-state index contributed by atoms with van der Waals surface area (Å²) in [5.41, 5.74) is 2.45. The Morgan fingerprint density at radius 1 is 1.07 bits per heavy atom. The number of rotatable bonds is 13. The number of para-hydroxylation sites is 1. The molecule has 1 aromatic heterocycles. The summed E-state index contributed by atoms with van der Waals surface area (Å²) in [6.07, 6.45) is 5.21. The smallest absolute Gasteiger partial charge is 0.221 e. The summed E-state index contributed by atoms with van der Waals surface area (Å²) >= 11 is 0. The number of ketones is 1. The third-order valence-electron chi connectivity index (χ3n) is 5.21. The Bertz CT molecular complexity index is 766. The lowest BCUT2D eigenvalue weighted by Crippen LogP contribution is -2.26. The molecule has 2 rings (SSSR count). The SMILES string of the molecule is CCN(C)Cc1cc2ccccc2n1CCC(=O)NCCCCCCC(C)=O. The molecule has 1 heterocycles. The van der Waals surface area contributed by atoms with E-state index in [-0.39, 0.29) is 11.7 Å². The number of Topliss-reactive ketones (excluding diaryl/α,β-unsaturated/α-hetero) is 1. The highest BCUT2D eigenvalue weighted by Gasteiger charge is 2.11. The first-order valence-corrected chi connectivity index (χ1v) is 10.5. The van der Waals surface area contributed by atoms with Gasteiger partial charge < -0.3 is 19.6 Å². The Labute approximate surface area is 169 Å². The van der Waals surface area contributed by atoms with Crippen molar-refractivity contribution in [2.24, 2.45) is 0 Å². The summed E-state index contributed by atoms with van der Waals surface area (Å²) in [6.45, 7) is 7.09. The monoisotopic (exact) mass is 385 g/mol. The molecule has 1 aromatic carbocycles. The van der Waals surface area contributed by atoms with Crippen LogP contribution in [0.2, 0.25) is 0 Å². The molecule has 1 amide bonds. The van der Waals surface area contributed by atoms with Crippen LogP contribution >= 0.6 is 0 Å². The maximum atomic E-state index is 12.3. The first-order valence-electron chi connectivity index (χ1n) is 10.5. The number of aryl methyl sites for hydroxylation is 1. The lowest BCUT2D eigenvalue weighted by molar-refractivity contribution is -0.121. The van der Waals surface area contributed by atoms with Gasteiger partial charge in [0, 0.05) is 43.7 Å². The highest BCUT2D eigenvalue weighted by molar-refractivity contribution is 5.82. The number of carbonyl (C=O) groups is 2. The van der Waals surface area contributed by atoms with Crippen LogP contribution in [0, 0.1) is 0 Å². The molecule has 0 fully saturated rings. The van der Waals surface area contributed by atoms with E-state index in [0.717, 1.165) is 45.3 Å². The molecule has 0 aliphatic rings. The number of aromatic nitrogens is 1. The number of carbonyl (C=O) groups excluding carboxylic acids is 2. The van der Waals surface area contributed by atoms with E-state index in [4.69, 9.17) is 0 Å². The number of benzene rings is 1. The van der Waals surface area contributed by atoms with Gasteiger partial charge >= 0.3 is 0 Å². The van der Waals surface area contributed by atoms with Crippen LogP contribution in [0.1, 0.15) is 58.1 Å². The summed E-state index contributed by atoms with van der Waals surface area (Å²) in [5.74, 6) is 0.367. The molecule has 0 aliphatic carbocycles. The van der Waals surface area contributed by atoms with Gasteiger partial charge in [0.25, 0.3) is 0 Å². The quantitative estimate of drug-likeness (QED) is 0.527. The van der Waals surface area contributed by atoms with Gasteiger partial charge in [-0.3, -0.25) is 4.79 Å². The van der Waals surface area contributed by atoms with Crippen LogP contribution in [-0.4, -0.2) is 41.3 Å². The number of hydrogen-bond acceptors (Lipinski definition) is 3. The summed E-state index contributed by atoms with van der Waals surface area (Å²) in [4.78, 5) is 25.4. The molecule has 1 N–H and O–H groups in total. The number of fused-ring (bicyclic) bond motifs is 1. The Balaban J connectivity index is 1.81. The van der Waals surface area contributed by atoms with Crippen LogP contribution in [0.5, 0.6) is 0 Å². The average molecular weight is 386 g/mol. The van der Waals surface area contributed by atoms with Crippen LogP contribution in [-0.2, 0) is 22.7 Å². The molecule has 0 aliphatic heterocycles. The van der Waals surface area contributed by atoms with Gasteiger partial charge in [-0.1, -0.05) is 38.0 Å². The van der Waals surface area contributed by atoms with Gasteiger partial charge in [0.05, 0.1) is 0 Å². The second kappa shape index (κ2) is 11.6. The highest BCUT2D eigenvalue weighted by Crippen LogP contribution is 2.21. The summed E-state index contributed by atoms with van der Waals surface area (Å²) < 4.78 is 2.28. The van der Waals surface area contributed by atoms with Crippen LogP contribution in [0.3, 0.4) is 0 Å². The number of amides is 1. The summed E-state index contributed by atoms with van der Waals surface area (Å²) in [6, 6.07) is 10.6. The molecule has 154 valence electrons. The topological polar surface area (TPSA) is 54.3 Å². The first kappa shape index (κ1) is 22.2. The Morgan fingerprint density at radius 3 is 2.57 bits per heavy atom. The Kier molecular flexibility index (Phi) is 9.21. The predicted molar refractivity (Wildman–Crippen MR) is 115 cm³/mol. The fourth-order valence-corrected chi connectivity index (χ4v) is 3.43. The fourth-order valence-electron chi connectivity index (χ4n) is 3.43. The lowest BCUT2D eigenvalue weighted by Gasteiger charge is -2.17. The molecule has 5 nitrogen and oxygen atoms in total. The maximum Gasteiger partial charge on any atom is 0.221 e. The normalized spacial score (nSPS) is 11.3. The van der Waals surface area contributed by atoms with Gasteiger partial charge in [-0.05, 0) is 50.9 Å².